The highest BCUT2D eigenvalue weighted by molar-refractivity contribution is 8.00. The van der Waals surface area contributed by atoms with Crippen LogP contribution in [0, 0.1) is 13.8 Å². The van der Waals surface area contributed by atoms with Crippen LogP contribution < -0.4 is 5.32 Å². The number of nitrogens with zero attached hydrogens (tertiary/aromatic N) is 2. The van der Waals surface area contributed by atoms with Gasteiger partial charge in [0.05, 0.1) is 11.9 Å². The lowest BCUT2D eigenvalue weighted by Crippen LogP contribution is -2.18. The summed E-state index contributed by atoms with van der Waals surface area (Å²) in [4.78, 5) is 13.2. The lowest BCUT2D eigenvalue weighted by molar-refractivity contribution is -0.113. The van der Waals surface area contributed by atoms with Crippen molar-refractivity contribution >= 4 is 23.5 Å². The van der Waals surface area contributed by atoms with Gasteiger partial charge in [-0.15, -0.1) is 11.8 Å². The summed E-state index contributed by atoms with van der Waals surface area (Å²) in [5, 5.41) is 7.12. The summed E-state index contributed by atoms with van der Waals surface area (Å²) >= 11 is 1.56. The molecule has 0 fully saturated rings. The summed E-state index contributed by atoms with van der Waals surface area (Å²) in [6, 6.07) is 8.32. The van der Waals surface area contributed by atoms with E-state index in [1.807, 2.05) is 19.9 Å². The Labute approximate surface area is 129 Å². The van der Waals surface area contributed by atoms with E-state index in [1.54, 1.807) is 22.6 Å². The monoisotopic (exact) mass is 303 g/mol. The van der Waals surface area contributed by atoms with Crippen molar-refractivity contribution in [3.8, 4) is 0 Å². The Morgan fingerprint density at radius 3 is 2.76 bits per heavy atom. The standard InChI is InChI=1S/C16H21N3OS/c1-11(2)19-15(7-8-17-19)18-16(20)10-21-14-6-5-12(3)9-13(14)4/h5-9,11H,10H2,1-4H3,(H,18,20). The Hall–Kier alpha value is -1.75. The molecule has 0 saturated heterocycles. The van der Waals surface area contributed by atoms with Crippen molar-refractivity contribution in [3.63, 3.8) is 0 Å². The minimum atomic E-state index is -0.0117. The Bertz CT molecular complexity index is 634. The largest absolute Gasteiger partial charge is 0.310 e. The van der Waals surface area contributed by atoms with Crippen LogP contribution in [0.2, 0.25) is 0 Å². The molecule has 1 aromatic heterocycles. The van der Waals surface area contributed by atoms with E-state index in [2.05, 4.69) is 42.5 Å². The number of aryl methyl sites for hydroxylation is 2. The highest BCUT2D eigenvalue weighted by atomic mass is 32.2. The molecule has 0 radical (unpaired) electrons. The average Bonchev–Trinajstić information content (AvgIpc) is 2.86. The summed E-state index contributed by atoms with van der Waals surface area (Å²) in [5.41, 5.74) is 2.45. The van der Waals surface area contributed by atoms with Gasteiger partial charge in [0.1, 0.15) is 5.82 Å². The summed E-state index contributed by atoms with van der Waals surface area (Å²) in [6.45, 7) is 8.21. The van der Waals surface area contributed by atoms with Crippen LogP contribution in [-0.2, 0) is 4.79 Å². The number of aromatic nitrogens is 2. The zero-order valence-electron chi connectivity index (χ0n) is 12.9. The van der Waals surface area contributed by atoms with Crippen molar-refractivity contribution < 1.29 is 4.79 Å². The van der Waals surface area contributed by atoms with Crippen molar-refractivity contribution in [1.29, 1.82) is 0 Å². The second kappa shape index (κ2) is 6.80. The number of amides is 1. The molecule has 0 aliphatic rings. The van der Waals surface area contributed by atoms with Gasteiger partial charge in [-0.05, 0) is 39.3 Å². The van der Waals surface area contributed by atoms with Gasteiger partial charge < -0.3 is 5.32 Å². The van der Waals surface area contributed by atoms with Crippen molar-refractivity contribution in [2.45, 2.75) is 38.6 Å². The molecule has 0 aliphatic heterocycles. The summed E-state index contributed by atoms with van der Waals surface area (Å²) < 4.78 is 1.81. The number of hydrogen-bond acceptors (Lipinski definition) is 3. The molecule has 0 aliphatic carbocycles. The number of benzene rings is 1. The van der Waals surface area contributed by atoms with Crippen LogP contribution in [0.1, 0.15) is 31.0 Å². The van der Waals surface area contributed by atoms with Crippen LogP contribution in [0.15, 0.2) is 35.4 Å². The molecule has 1 N–H and O–H groups in total. The maximum atomic E-state index is 12.1. The van der Waals surface area contributed by atoms with E-state index in [-0.39, 0.29) is 11.9 Å². The molecule has 2 aromatic rings. The number of carbonyl (C=O) groups is 1. The van der Waals surface area contributed by atoms with E-state index in [4.69, 9.17) is 0 Å². The maximum Gasteiger partial charge on any atom is 0.235 e. The van der Waals surface area contributed by atoms with Gasteiger partial charge in [0.25, 0.3) is 0 Å². The number of thioether (sulfide) groups is 1. The Balaban J connectivity index is 1.94. The van der Waals surface area contributed by atoms with Crippen molar-refractivity contribution in [3.05, 3.63) is 41.6 Å². The molecule has 0 saturated carbocycles. The zero-order chi connectivity index (χ0) is 15.4. The minimum absolute atomic E-state index is 0.0117. The second-order valence-corrected chi connectivity index (χ2v) is 6.38. The molecule has 0 unspecified atom stereocenters. The Morgan fingerprint density at radius 2 is 2.10 bits per heavy atom. The highest BCUT2D eigenvalue weighted by Crippen LogP contribution is 2.23. The molecule has 1 aromatic carbocycles. The fourth-order valence-corrected chi connectivity index (χ4v) is 2.92. The smallest absolute Gasteiger partial charge is 0.235 e. The van der Waals surface area contributed by atoms with E-state index >= 15 is 0 Å². The van der Waals surface area contributed by atoms with Crippen molar-refractivity contribution in [1.82, 2.24) is 9.78 Å². The number of nitrogens with one attached hydrogen (secondary N) is 1. The molecule has 1 heterocycles. The minimum Gasteiger partial charge on any atom is -0.310 e. The van der Waals surface area contributed by atoms with E-state index in [0.29, 0.717) is 5.75 Å². The zero-order valence-corrected chi connectivity index (χ0v) is 13.7. The fourth-order valence-electron chi connectivity index (χ4n) is 2.11. The van der Waals surface area contributed by atoms with Gasteiger partial charge in [0, 0.05) is 17.0 Å². The first-order valence-corrected chi connectivity index (χ1v) is 7.99. The third kappa shape index (κ3) is 4.11. The second-order valence-electron chi connectivity index (χ2n) is 5.36. The van der Waals surface area contributed by atoms with Gasteiger partial charge >= 0.3 is 0 Å². The molecule has 21 heavy (non-hydrogen) atoms. The molecule has 112 valence electrons. The summed E-state index contributed by atoms with van der Waals surface area (Å²) in [6.07, 6.45) is 1.70. The predicted octanol–water partition coefficient (Wildman–Crippen LogP) is 3.81. The third-order valence-electron chi connectivity index (χ3n) is 3.12. The van der Waals surface area contributed by atoms with Gasteiger partial charge in [0.15, 0.2) is 0 Å². The molecule has 5 heteroatoms. The normalized spacial score (nSPS) is 10.9. The van der Waals surface area contributed by atoms with Gasteiger partial charge in [-0.25, -0.2) is 4.68 Å². The van der Waals surface area contributed by atoms with Crippen molar-refractivity contribution in [2.24, 2.45) is 0 Å². The van der Waals surface area contributed by atoms with E-state index < -0.39 is 0 Å². The van der Waals surface area contributed by atoms with Crippen LogP contribution in [-0.4, -0.2) is 21.4 Å². The van der Waals surface area contributed by atoms with Crippen LogP contribution in [0.25, 0.3) is 0 Å². The van der Waals surface area contributed by atoms with Crippen molar-refractivity contribution in [2.75, 3.05) is 11.1 Å². The van der Waals surface area contributed by atoms with E-state index in [0.717, 1.165) is 10.7 Å². The molecule has 2 rings (SSSR count). The summed E-state index contributed by atoms with van der Waals surface area (Å²) in [7, 11) is 0. The maximum absolute atomic E-state index is 12.1. The molecular weight excluding hydrogens is 282 g/mol. The molecule has 4 nitrogen and oxygen atoms in total. The topological polar surface area (TPSA) is 46.9 Å². The van der Waals surface area contributed by atoms with Gasteiger partial charge in [0.2, 0.25) is 5.91 Å². The predicted molar refractivity (Wildman–Crippen MR) is 87.9 cm³/mol. The SMILES string of the molecule is Cc1ccc(SCC(=O)Nc2ccnn2C(C)C)c(C)c1. The molecule has 0 bridgehead atoms. The first-order valence-electron chi connectivity index (χ1n) is 7.01. The van der Waals surface area contributed by atoms with Gasteiger partial charge in [-0.3, -0.25) is 4.79 Å². The lowest BCUT2D eigenvalue weighted by atomic mass is 10.2. The Morgan fingerprint density at radius 1 is 1.33 bits per heavy atom. The van der Waals surface area contributed by atoms with E-state index in [1.165, 1.54) is 11.1 Å². The number of hydrogen-bond donors (Lipinski definition) is 1. The van der Waals surface area contributed by atoms with Crippen LogP contribution in [0.3, 0.4) is 0 Å². The average molecular weight is 303 g/mol. The Kier molecular flexibility index (Phi) is 5.07. The van der Waals surface area contributed by atoms with Crippen LogP contribution in [0.4, 0.5) is 5.82 Å². The van der Waals surface area contributed by atoms with Crippen LogP contribution in [0.5, 0.6) is 0 Å². The molecule has 0 atom stereocenters. The third-order valence-corrected chi connectivity index (χ3v) is 4.29. The van der Waals surface area contributed by atoms with Gasteiger partial charge in [-0.1, -0.05) is 17.7 Å². The van der Waals surface area contributed by atoms with E-state index in [9.17, 15) is 4.79 Å². The molecule has 0 spiro atoms. The highest BCUT2D eigenvalue weighted by Gasteiger charge is 2.10. The first-order chi connectivity index (χ1) is 9.97. The first kappa shape index (κ1) is 15.6. The lowest BCUT2D eigenvalue weighted by Gasteiger charge is -2.12. The quantitative estimate of drug-likeness (QED) is 0.854. The van der Waals surface area contributed by atoms with Gasteiger partial charge in [-0.2, -0.15) is 5.10 Å². The number of carbonyl (C=O) groups excluding carboxylic acids is 1. The summed E-state index contributed by atoms with van der Waals surface area (Å²) in [5.74, 6) is 1.13. The number of rotatable bonds is 5. The number of anilines is 1. The molecular formula is C16H21N3OS. The molecule has 1 amide bonds. The fraction of sp³-hybridized carbons (Fsp3) is 0.375. The van der Waals surface area contributed by atoms with Crippen LogP contribution >= 0.6 is 11.8 Å².